The number of likely N-dealkylation sites (tertiary alicyclic amines) is 1. The van der Waals surface area contributed by atoms with Gasteiger partial charge in [-0.3, -0.25) is 9.69 Å². The Morgan fingerprint density at radius 2 is 2.16 bits per heavy atom. The second-order valence-corrected chi connectivity index (χ2v) is 6.41. The van der Waals surface area contributed by atoms with Gasteiger partial charge in [0.2, 0.25) is 0 Å². The van der Waals surface area contributed by atoms with E-state index in [2.05, 4.69) is 26.1 Å². The fraction of sp³-hybridized carbons (Fsp3) is 0.533. The Labute approximate surface area is 122 Å². The van der Waals surface area contributed by atoms with Gasteiger partial charge in [-0.2, -0.15) is 0 Å². The van der Waals surface area contributed by atoms with E-state index in [0.717, 1.165) is 41.2 Å². The van der Waals surface area contributed by atoms with E-state index in [9.17, 15) is 4.79 Å². The van der Waals surface area contributed by atoms with Gasteiger partial charge in [-0.05, 0) is 53.7 Å². The molecule has 0 aromatic heterocycles. The summed E-state index contributed by atoms with van der Waals surface area (Å²) >= 11 is 3.50. The monoisotopic (exact) mass is 322 g/mol. The predicted octanol–water partition coefficient (Wildman–Crippen LogP) is 2.72. The Kier molecular flexibility index (Phi) is 3.63. The lowest BCUT2D eigenvalue weighted by Gasteiger charge is -2.16. The molecule has 1 unspecified atom stereocenters. The van der Waals surface area contributed by atoms with Crippen LogP contribution in [-0.4, -0.2) is 36.0 Å². The maximum atomic E-state index is 12.3. The Hall–Kier alpha value is -0.870. The van der Waals surface area contributed by atoms with E-state index in [1.807, 2.05) is 25.1 Å². The number of hydrogen-bond donors (Lipinski definition) is 1. The van der Waals surface area contributed by atoms with Gasteiger partial charge in [0, 0.05) is 29.6 Å². The van der Waals surface area contributed by atoms with Crippen LogP contribution in [0.4, 0.5) is 0 Å². The summed E-state index contributed by atoms with van der Waals surface area (Å²) in [5, 5.41) is 3.17. The molecule has 1 aromatic rings. The van der Waals surface area contributed by atoms with E-state index in [1.165, 1.54) is 12.8 Å². The summed E-state index contributed by atoms with van der Waals surface area (Å²) in [6, 6.07) is 6.92. The van der Waals surface area contributed by atoms with E-state index >= 15 is 0 Å². The number of hydrogen-bond acceptors (Lipinski definition) is 2. The number of nitrogens with one attached hydrogen (secondary N) is 1. The van der Waals surface area contributed by atoms with Gasteiger partial charge in [-0.1, -0.05) is 12.1 Å². The molecule has 3 rings (SSSR count). The average molecular weight is 323 g/mol. The van der Waals surface area contributed by atoms with Crippen LogP contribution in [0, 0.1) is 6.92 Å². The molecule has 1 aromatic carbocycles. The zero-order valence-corrected chi connectivity index (χ0v) is 12.7. The normalized spacial score (nSPS) is 23.6. The van der Waals surface area contributed by atoms with Crippen molar-refractivity contribution in [3.05, 3.63) is 33.8 Å². The third kappa shape index (κ3) is 2.84. The van der Waals surface area contributed by atoms with Crippen LogP contribution in [0.5, 0.6) is 0 Å². The number of rotatable bonds is 3. The molecule has 19 heavy (non-hydrogen) atoms. The zero-order valence-electron chi connectivity index (χ0n) is 11.2. The minimum absolute atomic E-state index is 0.0400. The Bertz CT molecular complexity index is 499. The second kappa shape index (κ2) is 5.25. The first-order valence-electron chi connectivity index (χ1n) is 6.95. The number of carbonyl (C=O) groups excluding carboxylic acids is 1. The van der Waals surface area contributed by atoms with Gasteiger partial charge >= 0.3 is 0 Å². The van der Waals surface area contributed by atoms with Gasteiger partial charge in [0.05, 0.1) is 5.56 Å². The molecule has 0 spiro atoms. The first kappa shape index (κ1) is 13.1. The maximum absolute atomic E-state index is 12.3. The highest BCUT2D eigenvalue weighted by atomic mass is 79.9. The number of halogens is 1. The summed E-state index contributed by atoms with van der Waals surface area (Å²) < 4.78 is 0.907. The third-order valence-electron chi connectivity index (χ3n) is 4.05. The molecule has 1 heterocycles. The van der Waals surface area contributed by atoms with Crippen LogP contribution >= 0.6 is 15.9 Å². The number of benzene rings is 1. The minimum Gasteiger partial charge on any atom is -0.348 e. The van der Waals surface area contributed by atoms with Crippen LogP contribution in [0.2, 0.25) is 0 Å². The van der Waals surface area contributed by atoms with Crippen LogP contribution in [0.3, 0.4) is 0 Å². The first-order chi connectivity index (χ1) is 9.15. The third-order valence-corrected chi connectivity index (χ3v) is 5.11. The zero-order chi connectivity index (χ0) is 13.4. The second-order valence-electron chi connectivity index (χ2n) is 5.62. The van der Waals surface area contributed by atoms with Crippen molar-refractivity contribution in [1.82, 2.24) is 10.2 Å². The smallest absolute Gasteiger partial charge is 0.252 e. The Morgan fingerprint density at radius 3 is 2.89 bits per heavy atom. The number of aryl methyl sites for hydroxylation is 1. The van der Waals surface area contributed by atoms with Crippen LogP contribution < -0.4 is 5.32 Å². The molecule has 1 amide bonds. The summed E-state index contributed by atoms with van der Waals surface area (Å²) in [6.45, 7) is 4.15. The highest BCUT2D eigenvalue weighted by molar-refractivity contribution is 9.10. The molecule has 1 atom stereocenters. The standard InChI is InChI=1S/C15H19BrN2O/c1-10-3-2-4-13(14(10)16)15(19)17-11-7-8-18(9-11)12-5-6-12/h2-4,11-12H,5-9H2,1H3,(H,17,19). The van der Waals surface area contributed by atoms with Crippen molar-refractivity contribution in [3.63, 3.8) is 0 Å². The van der Waals surface area contributed by atoms with E-state index < -0.39 is 0 Å². The SMILES string of the molecule is Cc1cccc(C(=O)NC2CCN(C3CC3)C2)c1Br. The minimum atomic E-state index is 0.0400. The molecule has 0 bridgehead atoms. The predicted molar refractivity (Wildman–Crippen MR) is 79.3 cm³/mol. The highest BCUT2D eigenvalue weighted by Gasteiger charge is 2.34. The van der Waals surface area contributed by atoms with Crippen LogP contribution in [0.15, 0.2) is 22.7 Å². The van der Waals surface area contributed by atoms with Crippen molar-refractivity contribution in [2.24, 2.45) is 0 Å². The molecule has 1 saturated heterocycles. The van der Waals surface area contributed by atoms with Gasteiger partial charge < -0.3 is 5.32 Å². The molecule has 1 aliphatic heterocycles. The molecule has 2 fully saturated rings. The van der Waals surface area contributed by atoms with E-state index in [0.29, 0.717) is 6.04 Å². The lowest BCUT2D eigenvalue weighted by atomic mass is 10.1. The molecule has 1 aliphatic carbocycles. The summed E-state index contributed by atoms with van der Waals surface area (Å²) in [5.41, 5.74) is 1.84. The molecule has 102 valence electrons. The van der Waals surface area contributed by atoms with Crippen molar-refractivity contribution in [2.75, 3.05) is 13.1 Å². The lowest BCUT2D eigenvalue weighted by Crippen LogP contribution is -2.37. The fourth-order valence-electron chi connectivity index (χ4n) is 2.76. The van der Waals surface area contributed by atoms with Crippen molar-refractivity contribution in [3.8, 4) is 0 Å². The van der Waals surface area contributed by atoms with Gasteiger partial charge in [0.25, 0.3) is 5.91 Å². The van der Waals surface area contributed by atoms with Gasteiger partial charge in [-0.15, -0.1) is 0 Å². The van der Waals surface area contributed by atoms with Crippen LogP contribution in [0.1, 0.15) is 35.2 Å². The number of amides is 1. The molecule has 4 heteroatoms. The Balaban J connectivity index is 1.63. The Morgan fingerprint density at radius 1 is 1.37 bits per heavy atom. The van der Waals surface area contributed by atoms with Crippen molar-refractivity contribution in [2.45, 2.75) is 38.3 Å². The van der Waals surface area contributed by atoms with E-state index in [4.69, 9.17) is 0 Å². The van der Waals surface area contributed by atoms with Crippen molar-refractivity contribution >= 4 is 21.8 Å². The largest absolute Gasteiger partial charge is 0.348 e. The number of nitrogens with zero attached hydrogens (tertiary/aromatic N) is 1. The van der Waals surface area contributed by atoms with E-state index in [-0.39, 0.29) is 5.91 Å². The van der Waals surface area contributed by atoms with Crippen LogP contribution in [0.25, 0.3) is 0 Å². The summed E-state index contributed by atoms with van der Waals surface area (Å²) in [7, 11) is 0. The van der Waals surface area contributed by atoms with Crippen molar-refractivity contribution in [1.29, 1.82) is 0 Å². The summed E-state index contributed by atoms with van der Waals surface area (Å²) in [6.07, 6.45) is 3.75. The highest BCUT2D eigenvalue weighted by Crippen LogP contribution is 2.30. The van der Waals surface area contributed by atoms with Crippen molar-refractivity contribution < 1.29 is 4.79 Å². The van der Waals surface area contributed by atoms with E-state index in [1.54, 1.807) is 0 Å². The molecule has 3 nitrogen and oxygen atoms in total. The quantitative estimate of drug-likeness (QED) is 0.928. The van der Waals surface area contributed by atoms with Crippen LogP contribution in [-0.2, 0) is 0 Å². The summed E-state index contributed by atoms with van der Waals surface area (Å²) in [4.78, 5) is 14.8. The number of carbonyl (C=O) groups is 1. The van der Waals surface area contributed by atoms with Gasteiger partial charge in [-0.25, -0.2) is 0 Å². The molecule has 1 saturated carbocycles. The average Bonchev–Trinajstić information content (AvgIpc) is 3.14. The molecule has 1 N–H and O–H groups in total. The molecule has 0 radical (unpaired) electrons. The molecule has 2 aliphatic rings. The topological polar surface area (TPSA) is 32.3 Å². The summed E-state index contributed by atoms with van der Waals surface area (Å²) in [5.74, 6) is 0.0400. The van der Waals surface area contributed by atoms with Gasteiger partial charge in [0.15, 0.2) is 0 Å². The maximum Gasteiger partial charge on any atom is 0.252 e. The lowest BCUT2D eigenvalue weighted by molar-refractivity contribution is 0.0936. The van der Waals surface area contributed by atoms with Gasteiger partial charge in [0.1, 0.15) is 0 Å². The fourth-order valence-corrected chi connectivity index (χ4v) is 3.21. The molecular formula is C15H19BrN2O. The first-order valence-corrected chi connectivity index (χ1v) is 7.74. The molecular weight excluding hydrogens is 304 g/mol.